The standard InChI is InChI=1S/C13H22F3N/c14-13(15,16)9-4-8-12(11-5-6-11)7-2-1-3-10-17-12/h11,17H,1-10H2. The van der Waals surface area contributed by atoms with Crippen LogP contribution < -0.4 is 5.32 Å². The highest BCUT2D eigenvalue weighted by molar-refractivity contribution is 5.01. The Morgan fingerprint density at radius 1 is 1.12 bits per heavy atom. The molecular formula is C13H22F3N. The molecule has 1 atom stereocenters. The van der Waals surface area contributed by atoms with Crippen LogP contribution >= 0.6 is 0 Å². The number of nitrogens with one attached hydrogen (secondary N) is 1. The lowest BCUT2D eigenvalue weighted by molar-refractivity contribution is -0.136. The first-order chi connectivity index (χ1) is 8.02. The molecule has 4 heteroatoms. The smallest absolute Gasteiger partial charge is 0.311 e. The van der Waals surface area contributed by atoms with Crippen LogP contribution in [0.1, 0.15) is 57.8 Å². The van der Waals surface area contributed by atoms with Crippen LogP contribution in [-0.2, 0) is 0 Å². The lowest BCUT2D eigenvalue weighted by Gasteiger charge is -2.34. The third-order valence-corrected chi connectivity index (χ3v) is 4.22. The topological polar surface area (TPSA) is 12.0 Å². The van der Waals surface area contributed by atoms with Crippen molar-refractivity contribution >= 4 is 0 Å². The van der Waals surface area contributed by atoms with Crippen LogP contribution in [0.2, 0.25) is 0 Å². The van der Waals surface area contributed by atoms with E-state index in [9.17, 15) is 13.2 Å². The molecule has 1 saturated carbocycles. The minimum absolute atomic E-state index is 0.0434. The molecule has 1 aliphatic carbocycles. The van der Waals surface area contributed by atoms with Crippen molar-refractivity contribution in [2.75, 3.05) is 6.54 Å². The Morgan fingerprint density at radius 2 is 1.88 bits per heavy atom. The number of hydrogen-bond acceptors (Lipinski definition) is 1. The van der Waals surface area contributed by atoms with Gasteiger partial charge in [0, 0.05) is 12.0 Å². The minimum atomic E-state index is -3.99. The second kappa shape index (κ2) is 5.17. The summed E-state index contributed by atoms with van der Waals surface area (Å²) in [5.74, 6) is 0.647. The van der Waals surface area contributed by atoms with Gasteiger partial charge in [0.25, 0.3) is 0 Å². The van der Waals surface area contributed by atoms with E-state index in [2.05, 4.69) is 5.32 Å². The molecule has 2 fully saturated rings. The van der Waals surface area contributed by atoms with Gasteiger partial charge in [0.05, 0.1) is 0 Å². The summed E-state index contributed by atoms with van der Waals surface area (Å²) in [5.41, 5.74) is 0.0434. The molecule has 1 heterocycles. The second-order valence-electron chi connectivity index (χ2n) is 5.64. The third kappa shape index (κ3) is 3.87. The highest BCUT2D eigenvalue weighted by Gasteiger charge is 2.44. The highest BCUT2D eigenvalue weighted by atomic mass is 19.4. The van der Waals surface area contributed by atoms with Crippen molar-refractivity contribution in [2.45, 2.75) is 69.5 Å². The predicted molar refractivity (Wildman–Crippen MR) is 61.8 cm³/mol. The molecule has 0 bridgehead atoms. The molecule has 1 N–H and O–H groups in total. The zero-order valence-corrected chi connectivity index (χ0v) is 10.3. The molecule has 0 amide bonds. The molecule has 1 nitrogen and oxygen atoms in total. The first-order valence-corrected chi connectivity index (χ1v) is 6.84. The summed E-state index contributed by atoms with van der Waals surface area (Å²) >= 11 is 0. The lowest BCUT2D eigenvalue weighted by atomic mass is 9.83. The number of alkyl halides is 3. The molecule has 1 unspecified atom stereocenters. The van der Waals surface area contributed by atoms with Crippen molar-refractivity contribution in [1.82, 2.24) is 5.32 Å². The fourth-order valence-corrected chi connectivity index (χ4v) is 3.17. The van der Waals surface area contributed by atoms with Crippen molar-refractivity contribution < 1.29 is 13.2 Å². The van der Waals surface area contributed by atoms with Crippen LogP contribution in [-0.4, -0.2) is 18.3 Å². The highest BCUT2D eigenvalue weighted by Crippen LogP contribution is 2.46. The lowest BCUT2D eigenvalue weighted by Crippen LogP contribution is -2.46. The maximum atomic E-state index is 12.2. The summed E-state index contributed by atoms with van der Waals surface area (Å²) in [5, 5.41) is 3.58. The van der Waals surface area contributed by atoms with E-state index in [1.54, 1.807) is 0 Å². The minimum Gasteiger partial charge on any atom is -0.311 e. The van der Waals surface area contributed by atoms with Crippen LogP contribution in [0, 0.1) is 5.92 Å². The molecule has 0 aromatic heterocycles. The molecule has 17 heavy (non-hydrogen) atoms. The monoisotopic (exact) mass is 249 g/mol. The van der Waals surface area contributed by atoms with E-state index in [-0.39, 0.29) is 12.0 Å². The van der Waals surface area contributed by atoms with Gasteiger partial charge in [-0.25, -0.2) is 0 Å². The van der Waals surface area contributed by atoms with Gasteiger partial charge in [-0.1, -0.05) is 12.8 Å². The summed E-state index contributed by atoms with van der Waals surface area (Å²) in [4.78, 5) is 0. The number of rotatable bonds is 4. The van der Waals surface area contributed by atoms with Crippen LogP contribution in [0.3, 0.4) is 0 Å². The van der Waals surface area contributed by atoms with Crippen LogP contribution in [0.4, 0.5) is 13.2 Å². The first kappa shape index (κ1) is 13.2. The molecule has 1 saturated heterocycles. The summed E-state index contributed by atoms with van der Waals surface area (Å²) in [6.45, 7) is 0.989. The van der Waals surface area contributed by atoms with Crippen LogP contribution in [0.25, 0.3) is 0 Å². The van der Waals surface area contributed by atoms with E-state index in [0.717, 1.165) is 13.0 Å². The summed E-state index contributed by atoms with van der Waals surface area (Å²) in [6, 6.07) is 0. The van der Waals surface area contributed by atoms with Gasteiger partial charge in [0.1, 0.15) is 0 Å². The Kier molecular flexibility index (Phi) is 4.01. The zero-order chi connectivity index (χ0) is 12.4. The Morgan fingerprint density at radius 3 is 2.53 bits per heavy atom. The zero-order valence-electron chi connectivity index (χ0n) is 10.3. The SMILES string of the molecule is FC(F)(F)CCCC1(C2CC2)CCCCCN1. The van der Waals surface area contributed by atoms with Gasteiger partial charge < -0.3 is 5.32 Å². The molecule has 2 aliphatic rings. The average Bonchev–Trinajstić information content (AvgIpc) is 3.03. The quantitative estimate of drug-likeness (QED) is 0.793. The maximum Gasteiger partial charge on any atom is 0.389 e. The molecular weight excluding hydrogens is 227 g/mol. The van der Waals surface area contributed by atoms with Gasteiger partial charge in [0.15, 0.2) is 0 Å². The molecule has 0 aromatic rings. The van der Waals surface area contributed by atoms with Gasteiger partial charge in [-0.05, 0) is 51.0 Å². The van der Waals surface area contributed by atoms with E-state index in [4.69, 9.17) is 0 Å². The van der Waals surface area contributed by atoms with E-state index < -0.39 is 12.6 Å². The van der Waals surface area contributed by atoms with Gasteiger partial charge in [-0.15, -0.1) is 0 Å². The predicted octanol–water partition coefficient (Wildman–Crippen LogP) is 4.03. The molecule has 100 valence electrons. The van der Waals surface area contributed by atoms with Gasteiger partial charge in [-0.3, -0.25) is 0 Å². The molecule has 2 rings (SSSR count). The van der Waals surface area contributed by atoms with Crippen molar-refractivity contribution in [3.63, 3.8) is 0 Å². The Balaban J connectivity index is 1.87. The summed E-state index contributed by atoms with van der Waals surface area (Å²) < 4.78 is 36.6. The maximum absolute atomic E-state index is 12.2. The van der Waals surface area contributed by atoms with Crippen molar-refractivity contribution in [1.29, 1.82) is 0 Å². The third-order valence-electron chi connectivity index (χ3n) is 4.22. The summed E-state index contributed by atoms with van der Waals surface area (Å²) in [7, 11) is 0. The normalized spacial score (nSPS) is 31.2. The Bertz CT molecular complexity index is 238. The summed E-state index contributed by atoms with van der Waals surface area (Å²) in [6.07, 6.45) is 3.44. The van der Waals surface area contributed by atoms with Crippen molar-refractivity contribution in [3.8, 4) is 0 Å². The fraction of sp³-hybridized carbons (Fsp3) is 1.00. The molecule has 0 spiro atoms. The average molecular weight is 249 g/mol. The van der Waals surface area contributed by atoms with Crippen LogP contribution in [0.5, 0.6) is 0 Å². The molecule has 1 aliphatic heterocycles. The van der Waals surface area contributed by atoms with Gasteiger partial charge in [-0.2, -0.15) is 13.2 Å². The first-order valence-electron chi connectivity index (χ1n) is 6.84. The van der Waals surface area contributed by atoms with Gasteiger partial charge in [0.2, 0.25) is 0 Å². The van der Waals surface area contributed by atoms with E-state index in [1.807, 2.05) is 0 Å². The van der Waals surface area contributed by atoms with Gasteiger partial charge >= 0.3 is 6.18 Å². The Labute approximate surface area is 101 Å². The van der Waals surface area contributed by atoms with Crippen molar-refractivity contribution in [2.24, 2.45) is 5.92 Å². The second-order valence-corrected chi connectivity index (χ2v) is 5.64. The largest absolute Gasteiger partial charge is 0.389 e. The van der Waals surface area contributed by atoms with Crippen molar-refractivity contribution in [3.05, 3.63) is 0 Å². The number of hydrogen-bond donors (Lipinski definition) is 1. The Hall–Kier alpha value is -0.250. The fourth-order valence-electron chi connectivity index (χ4n) is 3.17. The van der Waals surface area contributed by atoms with E-state index >= 15 is 0 Å². The van der Waals surface area contributed by atoms with E-state index in [0.29, 0.717) is 12.3 Å². The number of halogens is 3. The van der Waals surface area contributed by atoms with Crippen LogP contribution in [0.15, 0.2) is 0 Å². The molecule has 0 aromatic carbocycles. The molecule has 0 radical (unpaired) electrons. The van der Waals surface area contributed by atoms with E-state index in [1.165, 1.54) is 32.1 Å².